The predicted octanol–water partition coefficient (Wildman–Crippen LogP) is 7.40. The zero-order valence-electron chi connectivity index (χ0n) is 22.0. The molecule has 6 heteroatoms. The highest BCUT2D eigenvalue weighted by molar-refractivity contribution is 6.51. The molecule has 3 aromatic rings. The van der Waals surface area contributed by atoms with E-state index in [2.05, 4.69) is 34.6 Å². The summed E-state index contributed by atoms with van der Waals surface area (Å²) in [6.45, 7) is 10.6. The topological polar surface area (TPSA) is 66.8 Å². The van der Waals surface area contributed by atoms with Crippen LogP contribution in [0.15, 0.2) is 72.3 Å². The van der Waals surface area contributed by atoms with Crippen LogP contribution < -0.4 is 9.64 Å². The minimum absolute atomic E-state index is 0.0164. The van der Waals surface area contributed by atoms with Gasteiger partial charge in [-0.05, 0) is 58.4 Å². The third-order valence-corrected chi connectivity index (χ3v) is 7.10. The summed E-state index contributed by atoms with van der Waals surface area (Å²) in [4.78, 5) is 28.3. The van der Waals surface area contributed by atoms with Gasteiger partial charge in [-0.15, -0.1) is 0 Å². The molecule has 1 unspecified atom stereocenters. The van der Waals surface area contributed by atoms with Crippen LogP contribution in [-0.4, -0.2) is 23.9 Å². The highest BCUT2D eigenvalue weighted by Crippen LogP contribution is 2.43. The Morgan fingerprint density at radius 3 is 2.11 bits per heavy atom. The van der Waals surface area contributed by atoms with Crippen LogP contribution >= 0.6 is 11.6 Å². The Balaban J connectivity index is 1.91. The first kappa shape index (κ1) is 26.5. The third kappa shape index (κ3) is 5.01. The van der Waals surface area contributed by atoms with Crippen molar-refractivity contribution in [2.24, 2.45) is 0 Å². The van der Waals surface area contributed by atoms with Crippen molar-refractivity contribution < 1.29 is 19.4 Å². The number of benzene rings is 3. The van der Waals surface area contributed by atoms with E-state index in [-0.39, 0.29) is 21.8 Å². The lowest BCUT2D eigenvalue weighted by Crippen LogP contribution is -2.29. The first-order chi connectivity index (χ1) is 17.4. The second kappa shape index (κ2) is 10.1. The third-order valence-electron chi connectivity index (χ3n) is 6.80. The number of hydrogen-bond acceptors (Lipinski definition) is 4. The number of carbonyl (C=O) groups excluding carboxylic acids is 2. The van der Waals surface area contributed by atoms with Crippen molar-refractivity contribution in [1.29, 1.82) is 0 Å². The summed E-state index contributed by atoms with van der Waals surface area (Å²) >= 11 is 6.30. The van der Waals surface area contributed by atoms with Crippen LogP contribution in [0.2, 0.25) is 5.02 Å². The number of ether oxygens (including phenoxy) is 1. The molecule has 0 spiro atoms. The number of hydrogen-bond donors (Lipinski definition) is 1. The van der Waals surface area contributed by atoms with Gasteiger partial charge in [0.1, 0.15) is 11.5 Å². The first-order valence-corrected chi connectivity index (χ1v) is 12.7. The van der Waals surface area contributed by atoms with Crippen LogP contribution in [0.4, 0.5) is 5.69 Å². The summed E-state index contributed by atoms with van der Waals surface area (Å²) < 4.78 is 5.21. The monoisotopic (exact) mass is 517 g/mol. The molecular formula is C31H32ClNO4. The normalized spacial score (nSPS) is 17.5. The molecule has 0 radical (unpaired) electrons. The maximum absolute atomic E-state index is 13.4. The van der Waals surface area contributed by atoms with Gasteiger partial charge in [0.05, 0.1) is 23.7 Å². The summed E-state index contributed by atoms with van der Waals surface area (Å²) in [7, 11) is 1.50. The number of methoxy groups -OCH3 is 1. The van der Waals surface area contributed by atoms with E-state index in [0.29, 0.717) is 22.9 Å². The van der Waals surface area contributed by atoms with Gasteiger partial charge in [-0.3, -0.25) is 14.5 Å². The molecule has 0 saturated carbocycles. The molecule has 1 amide bonds. The van der Waals surface area contributed by atoms with Gasteiger partial charge >= 0.3 is 0 Å². The van der Waals surface area contributed by atoms with Crippen LogP contribution in [0, 0.1) is 0 Å². The van der Waals surface area contributed by atoms with Crippen LogP contribution in [0.1, 0.15) is 68.8 Å². The number of carbonyl (C=O) groups is 2. The number of rotatable bonds is 5. The predicted molar refractivity (Wildman–Crippen MR) is 148 cm³/mol. The minimum atomic E-state index is -0.806. The molecule has 1 heterocycles. The second-order valence-corrected chi connectivity index (χ2v) is 11.0. The lowest BCUT2D eigenvalue weighted by molar-refractivity contribution is -0.132. The van der Waals surface area contributed by atoms with Crippen molar-refractivity contribution in [1.82, 2.24) is 0 Å². The highest BCUT2D eigenvalue weighted by atomic mass is 35.5. The summed E-state index contributed by atoms with van der Waals surface area (Å²) in [6, 6.07) is 19.4. The molecule has 5 nitrogen and oxygen atoms in total. The van der Waals surface area contributed by atoms with Gasteiger partial charge in [0.15, 0.2) is 0 Å². The lowest BCUT2D eigenvalue weighted by Gasteiger charge is -2.27. The molecule has 0 aliphatic carbocycles. The number of aliphatic hydroxyl groups is 1. The highest BCUT2D eigenvalue weighted by Gasteiger charge is 2.47. The van der Waals surface area contributed by atoms with Crippen LogP contribution in [0.5, 0.6) is 5.75 Å². The lowest BCUT2D eigenvalue weighted by atomic mass is 9.85. The van der Waals surface area contributed by atoms with Crippen molar-refractivity contribution in [2.75, 3.05) is 12.0 Å². The summed E-state index contributed by atoms with van der Waals surface area (Å²) in [5.41, 5.74) is 3.84. The number of halogens is 1. The van der Waals surface area contributed by atoms with Gasteiger partial charge in [-0.2, -0.15) is 0 Å². The molecule has 1 atom stereocenters. The number of nitrogens with zero attached hydrogens (tertiary/aromatic N) is 1. The Kier molecular flexibility index (Phi) is 7.20. The number of amides is 1. The van der Waals surface area contributed by atoms with E-state index < -0.39 is 17.7 Å². The molecule has 192 valence electrons. The second-order valence-electron chi connectivity index (χ2n) is 10.6. The molecule has 4 rings (SSSR count). The number of Topliss-reactive ketones (excluding diaryl/α,β-unsaturated/α-hetero) is 1. The Morgan fingerprint density at radius 2 is 1.59 bits per heavy atom. The SMILES string of the molecule is COc1ccc(/C(O)=C2/C(=O)C(=O)N(c3ccc(C(C)C)cc3)C2c2ccc(C(C)(C)C)cc2)cc1Cl. The van der Waals surface area contributed by atoms with E-state index in [1.807, 2.05) is 48.5 Å². The zero-order chi connectivity index (χ0) is 27.1. The van der Waals surface area contributed by atoms with Gasteiger partial charge in [-0.1, -0.05) is 82.6 Å². The smallest absolute Gasteiger partial charge is 0.300 e. The summed E-state index contributed by atoms with van der Waals surface area (Å²) in [5, 5.41) is 11.7. The van der Waals surface area contributed by atoms with Crippen LogP contribution in [0.3, 0.4) is 0 Å². The first-order valence-electron chi connectivity index (χ1n) is 12.3. The largest absolute Gasteiger partial charge is 0.507 e. The van der Waals surface area contributed by atoms with Gasteiger partial charge in [0.25, 0.3) is 11.7 Å². The quantitative estimate of drug-likeness (QED) is 0.217. The molecule has 1 aliphatic rings. The molecule has 1 aliphatic heterocycles. The summed E-state index contributed by atoms with van der Waals surface area (Å²) in [5.74, 6) is -0.956. The van der Waals surface area contributed by atoms with Crippen molar-refractivity contribution in [3.8, 4) is 5.75 Å². The van der Waals surface area contributed by atoms with E-state index in [0.717, 1.165) is 16.7 Å². The Bertz CT molecular complexity index is 1370. The van der Waals surface area contributed by atoms with Crippen molar-refractivity contribution in [3.63, 3.8) is 0 Å². The molecule has 0 aromatic heterocycles. The Morgan fingerprint density at radius 1 is 0.973 bits per heavy atom. The van der Waals surface area contributed by atoms with E-state index in [4.69, 9.17) is 16.3 Å². The number of anilines is 1. The fourth-order valence-electron chi connectivity index (χ4n) is 4.57. The standard InChI is InChI=1S/C31H32ClNO4/c1-18(2)19-9-14-23(15-10-19)33-27(20-7-12-22(13-8-20)31(3,4)5)26(29(35)30(33)36)28(34)21-11-16-25(37-6)24(32)17-21/h7-18,27,34H,1-6H3/b28-26-. The van der Waals surface area contributed by atoms with E-state index in [9.17, 15) is 14.7 Å². The van der Waals surface area contributed by atoms with Crippen LogP contribution in [-0.2, 0) is 15.0 Å². The Labute approximate surface area is 223 Å². The zero-order valence-corrected chi connectivity index (χ0v) is 22.8. The van der Waals surface area contributed by atoms with E-state index in [1.54, 1.807) is 12.1 Å². The Hall–Kier alpha value is -3.57. The van der Waals surface area contributed by atoms with E-state index in [1.165, 1.54) is 18.1 Å². The van der Waals surface area contributed by atoms with Crippen molar-refractivity contribution in [2.45, 2.75) is 52.0 Å². The molecule has 1 saturated heterocycles. The minimum Gasteiger partial charge on any atom is -0.507 e. The van der Waals surface area contributed by atoms with Crippen LogP contribution in [0.25, 0.3) is 5.76 Å². The van der Waals surface area contributed by atoms with Crippen molar-refractivity contribution in [3.05, 3.63) is 99.6 Å². The molecule has 1 fully saturated rings. The molecule has 37 heavy (non-hydrogen) atoms. The number of ketones is 1. The van der Waals surface area contributed by atoms with Gasteiger partial charge < -0.3 is 9.84 Å². The molecule has 3 aromatic carbocycles. The number of aliphatic hydroxyl groups excluding tert-OH is 1. The average Bonchev–Trinajstić information content (AvgIpc) is 3.13. The van der Waals surface area contributed by atoms with Gasteiger partial charge in [0, 0.05) is 11.3 Å². The maximum Gasteiger partial charge on any atom is 0.300 e. The molecular weight excluding hydrogens is 486 g/mol. The summed E-state index contributed by atoms with van der Waals surface area (Å²) in [6.07, 6.45) is 0. The molecule has 0 bridgehead atoms. The van der Waals surface area contributed by atoms with Crippen molar-refractivity contribution >= 4 is 34.7 Å². The fraction of sp³-hybridized carbons (Fsp3) is 0.290. The van der Waals surface area contributed by atoms with E-state index >= 15 is 0 Å². The average molecular weight is 518 g/mol. The molecule has 1 N–H and O–H groups in total. The van der Waals surface area contributed by atoms with Gasteiger partial charge in [0.2, 0.25) is 0 Å². The fourth-order valence-corrected chi connectivity index (χ4v) is 4.83. The maximum atomic E-state index is 13.4. The van der Waals surface area contributed by atoms with Gasteiger partial charge in [-0.25, -0.2) is 0 Å².